The molecule has 0 saturated heterocycles. The zero-order valence-corrected chi connectivity index (χ0v) is 6.66. The molecule has 0 rings (SSSR count). The van der Waals surface area contributed by atoms with Crippen LogP contribution in [0.4, 0.5) is 0 Å². The smallest absolute Gasteiger partial charge is 0.251 e. The Kier molecular flexibility index (Phi) is 2.76. The van der Waals surface area contributed by atoms with E-state index in [1.807, 2.05) is 20.8 Å². The van der Waals surface area contributed by atoms with Gasteiger partial charge in [0.2, 0.25) is 0 Å². The van der Waals surface area contributed by atoms with Gasteiger partial charge in [0.25, 0.3) is 6.73 Å². The molecule has 0 aliphatic heterocycles. The van der Waals surface area contributed by atoms with Gasteiger partial charge >= 0.3 is 0 Å². The second-order valence-electron chi connectivity index (χ2n) is 3.27. The molecule has 62 valence electrons. The van der Waals surface area contributed by atoms with Gasteiger partial charge in [-0.2, -0.15) is 5.21 Å². The SMILES string of the molecule is CC(C)(C)OC[N+](N)(N)O. The molecule has 0 aromatic rings. The molecule has 0 saturated carbocycles. The zero-order valence-electron chi connectivity index (χ0n) is 6.66. The first-order valence-electron chi connectivity index (χ1n) is 3.03. The van der Waals surface area contributed by atoms with E-state index in [0.29, 0.717) is 0 Å². The number of nitrogens with zero attached hydrogens (tertiary/aromatic N) is 1. The topological polar surface area (TPSA) is 81.5 Å². The molecular formula is C5H16N3O2+. The van der Waals surface area contributed by atoms with Crippen molar-refractivity contribution >= 4 is 0 Å². The third kappa shape index (κ3) is 7.80. The third-order valence-corrected chi connectivity index (χ3v) is 0.704. The molecule has 0 radical (unpaired) electrons. The van der Waals surface area contributed by atoms with Crippen LogP contribution in [0.2, 0.25) is 0 Å². The summed E-state index contributed by atoms with van der Waals surface area (Å²) in [6.07, 6.45) is 0. The van der Waals surface area contributed by atoms with Crippen LogP contribution in [0.1, 0.15) is 20.8 Å². The molecule has 5 heteroatoms. The van der Waals surface area contributed by atoms with Gasteiger partial charge in [-0.3, -0.25) is 0 Å². The minimum absolute atomic E-state index is 0.122. The van der Waals surface area contributed by atoms with Crippen molar-refractivity contribution in [1.82, 2.24) is 0 Å². The van der Waals surface area contributed by atoms with Gasteiger partial charge < -0.3 is 4.74 Å². The van der Waals surface area contributed by atoms with Crippen molar-refractivity contribution < 1.29 is 14.8 Å². The normalized spacial score (nSPS) is 13.8. The number of hydrogen-bond acceptors (Lipinski definition) is 4. The molecule has 0 spiro atoms. The minimum Gasteiger partial charge on any atom is -0.320 e. The Labute approximate surface area is 60.7 Å². The Bertz CT molecular complexity index is 88.4. The summed E-state index contributed by atoms with van der Waals surface area (Å²) in [6.45, 7) is 5.43. The maximum absolute atomic E-state index is 8.75. The van der Waals surface area contributed by atoms with Gasteiger partial charge in [0.15, 0.2) is 0 Å². The van der Waals surface area contributed by atoms with Crippen molar-refractivity contribution in [3.63, 3.8) is 0 Å². The van der Waals surface area contributed by atoms with E-state index in [-0.39, 0.29) is 12.3 Å². The maximum atomic E-state index is 8.75. The predicted octanol–water partition coefficient (Wildman–Crippen LogP) is -0.288. The monoisotopic (exact) mass is 150 g/mol. The lowest BCUT2D eigenvalue weighted by atomic mass is 10.2. The maximum Gasteiger partial charge on any atom is 0.251 e. The van der Waals surface area contributed by atoms with Crippen LogP contribution >= 0.6 is 0 Å². The second-order valence-corrected chi connectivity index (χ2v) is 3.27. The van der Waals surface area contributed by atoms with Crippen LogP contribution in [-0.4, -0.2) is 22.4 Å². The van der Waals surface area contributed by atoms with Crippen LogP contribution in [0.25, 0.3) is 0 Å². The van der Waals surface area contributed by atoms with E-state index in [1.165, 1.54) is 0 Å². The number of nitrogens with two attached hydrogens (primary N) is 2. The molecular weight excluding hydrogens is 134 g/mol. The average molecular weight is 150 g/mol. The molecule has 5 nitrogen and oxygen atoms in total. The lowest BCUT2D eigenvalue weighted by Crippen LogP contribution is -2.59. The summed E-state index contributed by atoms with van der Waals surface area (Å²) in [5.74, 6) is 9.98. The number of rotatable bonds is 2. The van der Waals surface area contributed by atoms with Crippen LogP contribution in [0.3, 0.4) is 0 Å². The Morgan fingerprint density at radius 1 is 1.40 bits per heavy atom. The zero-order chi connectivity index (χ0) is 8.41. The van der Waals surface area contributed by atoms with Gasteiger partial charge in [0.1, 0.15) is 0 Å². The summed E-state index contributed by atoms with van der Waals surface area (Å²) >= 11 is 0. The minimum atomic E-state index is -1.14. The Morgan fingerprint density at radius 3 is 1.90 bits per heavy atom. The summed E-state index contributed by atoms with van der Waals surface area (Å²) in [5, 5.41) is 8.75. The fraction of sp³-hybridized carbons (Fsp3) is 1.00. The summed E-state index contributed by atoms with van der Waals surface area (Å²) in [6, 6.07) is 0. The van der Waals surface area contributed by atoms with Gasteiger partial charge in [-0.1, -0.05) is 0 Å². The van der Waals surface area contributed by atoms with Crippen molar-refractivity contribution in [3.8, 4) is 0 Å². The van der Waals surface area contributed by atoms with E-state index >= 15 is 0 Å². The van der Waals surface area contributed by atoms with E-state index in [2.05, 4.69) is 0 Å². The standard InChI is InChI=1S/C5H16N3O2/c1-5(2,3)10-4-8(6,7)9/h9H,4,6-7H2,1-3H3/q+1. The quantitative estimate of drug-likeness (QED) is 0.219. The molecule has 0 fully saturated rings. The van der Waals surface area contributed by atoms with Crippen LogP contribution in [0, 0.1) is 0 Å². The van der Waals surface area contributed by atoms with E-state index in [4.69, 9.17) is 21.6 Å². The number of quaternary nitrogens is 1. The van der Waals surface area contributed by atoms with Crippen LogP contribution in [0.5, 0.6) is 0 Å². The van der Waals surface area contributed by atoms with Gasteiger partial charge in [0.05, 0.1) is 5.60 Å². The second kappa shape index (κ2) is 2.81. The Hall–Kier alpha value is -0.200. The van der Waals surface area contributed by atoms with Gasteiger partial charge in [0, 0.05) is 0 Å². The lowest BCUT2D eigenvalue weighted by Gasteiger charge is -2.23. The number of ether oxygens (including phenoxy) is 1. The molecule has 0 aromatic heterocycles. The highest BCUT2D eigenvalue weighted by atomic mass is 16.7. The van der Waals surface area contributed by atoms with Gasteiger partial charge in [-0.05, 0) is 25.6 Å². The fourth-order valence-corrected chi connectivity index (χ4v) is 0.297. The highest BCUT2D eigenvalue weighted by Crippen LogP contribution is 2.06. The number of hydrogen-bond donors (Lipinski definition) is 3. The van der Waals surface area contributed by atoms with Crippen LogP contribution in [-0.2, 0) is 4.74 Å². The van der Waals surface area contributed by atoms with Crippen LogP contribution in [0.15, 0.2) is 0 Å². The first-order chi connectivity index (χ1) is 4.21. The fourth-order valence-electron chi connectivity index (χ4n) is 0.297. The molecule has 0 unspecified atom stereocenters. The summed E-state index contributed by atoms with van der Waals surface area (Å²) in [7, 11) is 0. The summed E-state index contributed by atoms with van der Waals surface area (Å²) in [5.41, 5.74) is -0.328. The van der Waals surface area contributed by atoms with E-state index in [9.17, 15) is 0 Å². The Balaban J connectivity index is 3.56. The van der Waals surface area contributed by atoms with E-state index < -0.39 is 4.86 Å². The van der Waals surface area contributed by atoms with Crippen LogP contribution < -0.4 is 11.7 Å². The molecule has 10 heavy (non-hydrogen) atoms. The molecule has 0 aromatic carbocycles. The average Bonchev–Trinajstić information content (AvgIpc) is 1.57. The molecule has 0 amide bonds. The Morgan fingerprint density at radius 2 is 1.80 bits per heavy atom. The largest absolute Gasteiger partial charge is 0.320 e. The van der Waals surface area contributed by atoms with Crippen molar-refractivity contribution in [2.24, 2.45) is 11.7 Å². The molecule has 0 aliphatic carbocycles. The van der Waals surface area contributed by atoms with Crippen molar-refractivity contribution in [3.05, 3.63) is 0 Å². The molecule has 5 N–H and O–H groups in total. The van der Waals surface area contributed by atoms with Crippen molar-refractivity contribution in [2.45, 2.75) is 26.4 Å². The highest BCUT2D eigenvalue weighted by Gasteiger charge is 2.19. The van der Waals surface area contributed by atoms with E-state index in [1.54, 1.807) is 0 Å². The molecule has 0 atom stereocenters. The predicted molar refractivity (Wildman–Crippen MR) is 36.1 cm³/mol. The molecule has 0 bridgehead atoms. The summed E-state index contributed by atoms with van der Waals surface area (Å²) in [4.78, 5) is -1.14. The first-order valence-corrected chi connectivity index (χ1v) is 3.03. The van der Waals surface area contributed by atoms with Gasteiger partial charge in [-0.25, -0.2) is 0 Å². The molecule has 0 aliphatic rings. The lowest BCUT2D eigenvalue weighted by molar-refractivity contribution is -1.14. The highest BCUT2D eigenvalue weighted by molar-refractivity contribution is 4.56. The van der Waals surface area contributed by atoms with Crippen molar-refractivity contribution in [2.75, 3.05) is 6.73 Å². The number of hydroxylamine groups is 1. The first kappa shape index (κ1) is 9.80. The molecule has 0 heterocycles. The van der Waals surface area contributed by atoms with Crippen molar-refractivity contribution in [1.29, 1.82) is 0 Å². The summed E-state index contributed by atoms with van der Waals surface area (Å²) < 4.78 is 5.07. The van der Waals surface area contributed by atoms with E-state index in [0.717, 1.165) is 0 Å². The third-order valence-electron chi connectivity index (χ3n) is 0.704. The van der Waals surface area contributed by atoms with Gasteiger partial charge in [-0.15, -0.1) is 11.7 Å².